The van der Waals surface area contributed by atoms with Crippen LogP contribution in [0.1, 0.15) is 17.2 Å². The molecule has 2 heterocycles. The number of benzene rings is 1. The van der Waals surface area contributed by atoms with Crippen molar-refractivity contribution < 1.29 is 0 Å². The van der Waals surface area contributed by atoms with Gasteiger partial charge < -0.3 is 4.98 Å². The monoisotopic (exact) mass is 298 g/mol. The molecule has 0 aliphatic heterocycles. The van der Waals surface area contributed by atoms with Gasteiger partial charge in [-0.05, 0) is 32.0 Å². The van der Waals surface area contributed by atoms with Crippen LogP contribution in [0.3, 0.4) is 0 Å². The minimum Gasteiger partial charge on any atom is -0.309 e. The van der Waals surface area contributed by atoms with E-state index in [-0.39, 0.29) is 5.56 Å². The van der Waals surface area contributed by atoms with Gasteiger partial charge in [0.25, 0.3) is 5.56 Å². The Hall–Kier alpha value is -2.21. The molecule has 6 heteroatoms. The van der Waals surface area contributed by atoms with Crippen molar-refractivity contribution in [2.24, 2.45) is 0 Å². The van der Waals surface area contributed by atoms with E-state index < -0.39 is 0 Å². The van der Waals surface area contributed by atoms with Gasteiger partial charge in [-0.2, -0.15) is 0 Å². The third-order valence-corrected chi connectivity index (χ3v) is 3.82. The number of rotatable bonds is 3. The number of aromatic nitrogens is 4. The van der Waals surface area contributed by atoms with E-state index in [0.29, 0.717) is 27.6 Å². The highest BCUT2D eigenvalue weighted by Crippen LogP contribution is 2.18. The number of nitrogens with one attached hydrogen (secondary N) is 1. The van der Waals surface area contributed by atoms with E-state index in [4.69, 9.17) is 0 Å². The van der Waals surface area contributed by atoms with E-state index in [1.807, 2.05) is 38.1 Å². The highest BCUT2D eigenvalue weighted by molar-refractivity contribution is 7.98. The first-order valence-electron chi connectivity index (χ1n) is 6.55. The SMILES string of the molecule is Cc1cc(C)nc(SCc2nc3ccccc3c(=O)[nH]2)n1. The van der Waals surface area contributed by atoms with E-state index >= 15 is 0 Å². The average molecular weight is 298 g/mol. The topological polar surface area (TPSA) is 71.5 Å². The van der Waals surface area contributed by atoms with Gasteiger partial charge in [-0.25, -0.2) is 15.0 Å². The maximum Gasteiger partial charge on any atom is 0.258 e. The highest BCUT2D eigenvalue weighted by Gasteiger charge is 2.06. The first-order chi connectivity index (χ1) is 10.1. The summed E-state index contributed by atoms with van der Waals surface area (Å²) >= 11 is 1.46. The Kier molecular flexibility index (Phi) is 3.70. The van der Waals surface area contributed by atoms with Gasteiger partial charge in [-0.1, -0.05) is 23.9 Å². The number of hydrogen-bond donors (Lipinski definition) is 1. The van der Waals surface area contributed by atoms with E-state index in [1.165, 1.54) is 11.8 Å². The molecule has 1 aromatic carbocycles. The van der Waals surface area contributed by atoms with Crippen molar-refractivity contribution in [2.45, 2.75) is 24.8 Å². The van der Waals surface area contributed by atoms with Crippen LogP contribution in [0.15, 0.2) is 40.3 Å². The van der Waals surface area contributed by atoms with Gasteiger partial charge in [0.1, 0.15) is 5.82 Å². The fraction of sp³-hybridized carbons (Fsp3) is 0.200. The van der Waals surface area contributed by atoms with Crippen LogP contribution in [0.2, 0.25) is 0 Å². The van der Waals surface area contributed by atoms with Crippen molar-refractivity contribution in [1.82, 2.24) is 19.9 Å². The molecule has 5 nitrogen and oxygen atoms in total. The first kappa shape index (κ1) is 13.8. The molecule has 0 saturated carbocycles. The van der Waals surface area contributed by atoms with E-state index in [2.05, 4.69) is 19.9 Å². The first-order valence-corrected chi connectivity index (χ1v) is 7.53. The Labute approximate surface area is 125 Å². The van der Waals surface area contributed by atoms with Crippen LogP contribution >= 0.6 is 11.8 Å². The van der Waals surface area contributed by atoms with E-state index in [0.717, 1.165) is 11.4 Å². The molecular weight excluding hydrogens is 284 g/mol. The van der Waals surface area contributed by atoms with Crippen molar-refractivity contribution >= 4 is 22.7 Å². The largest absolute Gasteiger partial charge is 0.309 e. The Morgan fingerprint density at radius 3 is 2.57 bits per heavy atom. The van der Waals surface area contributed by atoms with Gasteiger partial charge in [-0.3, -0.25) is 4.79 Å². The summed E-state index contributed by atoms with van der Waals surface area (Å²) in [6.07, 6.45) is 0. The molecule has 2 aromatic heterocycles. The normalized spacial score (nSPS) is 11.0. The van der Waals surface area contributed by atoms with Crippen LogP contribution in [-0.2, 0) is 5.75 Å². The summed E-state index contributed by atoms with van der Waals surface area (Å²) < 4.78 is 0. The third-order valence-electron chi connectivity index (χ3n) is 2.96. The molecule has 106 valence electrons. The maximum atomic E-state index is 12.0. The van der Waals surface area contributed by atoms with Crippen LogP contribution in [0.4, 0.5) is 0 Å². The number of aryl methyl sites for hydroxylation is 2. The lowest BCUT2D eigenvalue weighted by atomic mass is 10.2. The van der Waals surface area contributed by atoms with Gasteiger partial charge in [-0.15, -0.1) is 0 Å². The Bertz CT molecular complexity index is 839. The number of fused-ring (bicyclic) bond motifs is 1. The number of para-hydroxylation sites is 1. The quantitative estimate of drug-likeness (QED) is 0.594. The molecule has 0 spiro atoms. The summed E-state index contributed by atoms with van der Waals surface area (Å²) in [7, 11) is 0. The molecule has 0 fully saturated rings. The lowest BCUT2D eigenvalue weighted by molar-refractivity contribution is 0.899. The van der Waals surface area contributed by atoms with Gasteiger partial charge in [0.2, 0.25) is 0 Å². The summed E-state index contributed by atoms with van der Waals surface area (Å²) in [6, 6.07) is 9.24. The minimum absolute atomic E-state index is 0.113. The fourth-order valence-corrected chi connectivity index (χ4v) is 2.91. The molecule has 0 bridgehead atoms. The van der Waals surface area contributed by atoms with E-state index in [9.17, 15) is 4.79 Å². The molecule has 0 aliphatic carbocycles. The highest BCUT2D eigenvalue weighted by atomic mass is 32.2. The minimum atomic E-state index is -0.113. The van der Waals surface area contributed by atoms with Crippen LogP contribution < -0.4 is 5.56 Å². The van der Waals surface area contributed by atoms with Crippen molar-refractivity contribution in [3.8, 4) is 0 Å². The van der Waals surface area contributed by atoms with Gasteiger partial charge >= 0.3 is 0 Å². The maximum absolute atomic E-state index is 12.0. The Balaban J connectivity index is 1.86. The molecule has 3 aromatic rings. The van der Waals surface area contributed by atoms with Gasteiger partial charge in [0, 0.05) is 11.4 Å². The molecule has 21 heavy (non-hydrogen) atoms. The third kappa shape index (κ3) is 3.11. The zero-order valence-electron chi connectivity index (χ0n) is 11.8. The molecule has 0 atom stereocenters. The second-order valence-corrected chi connectivity index (χ2v) is 5.69. The zero-order valence-corrected chi connectivity index (χ0v) is 12.6. The second-order valence-electron chi connectivity index (χ2n) is 4.75. The molecule has 3 rings (SSSR count). The number of nitrogens with zero attached hydrogens (tertiary/aromatic N) is 3. The van der Waals surface area contributed by atoms with Gasteiger partial charge in [0.05, 0.1) is 16.7 Å². The lowest BCUT2D eigenvalue weighted by Gasteiger charge is -2.04. The molecule has 0 saturated heterocycles. The predicted molar refractivity (Wildman–Crippen MR) is 83.4 cm³/mol. The summed E-state index contributed by atoms with van der Waals surface area (Å²) in [5.74, 6) is 1.16. The smallest absolute Gasteiger partial charge is 0.258 e. The van der Waals surface area contributed by atoms with Crippen molar-refractivity contribution in [1.29, 1.82) is 0 Å². The number of hydrogen-bond acceptors (Lipinski definition) is 5. The number of H-pyrrole nitrogens is 1. The second kappa shape index (κ2) is 5.65. The van der Waals surface area contributed by atoms with Crippen LogP contribution in [0.25, 0.3) is 10.9 Å². The standard InChI is InChI=1S/C15H14N4OS/c1-9-7-10(2)17-15(16-9)21-8-13-18-12-6-4-3-5-11(12)14(20)19-13/h3-7H,8H2,1-2H3,(H,18,19,20). The zero-order chi connectivity index (χ0) is 14.8. The van der Waals surface area contributed by atoms with Crippen molar-refractivity contribution in [3.05, 3.63) is 57.9 Å². The molecule has 0 unspecified atom stereocenters. The summed E-state index contributed by atoms with van der Waals surface area (Å²) in [5.41, 5.74) is 2.46. The van der Waals surface area contributed by atoms with Crippen LogP contribution in [-0.4, -0.2) is 19.9 Å². The van der Waals surface area contributed by atoms with E-state index in [1.54, 1.807) is 6.07 Å². The van der Waals surface area contributed by atoms with Crippen LogP contribution in [0.5, 0.6) is 0 Å². The molecule has 0 aliphatic rings. The molecule has 1 N–H and O–H groups in total. The number of aromatic amines is 1. The molecular formula is C15H14N4OS. The Morgan fingerprint density at radius 1 is 1.10 bits per heavy atom. The predicted octanol–water partition coefficient (Wildman–Crippen LogP) is 2.62. The fourth-order valence-electron chi connectivity index (χ4n) is 2.09. The molecule has 0 amide bonds. The average Bonchev–Trinajstić information content (AvgIpc) is 2.44. The van der Waals surface area contributed by atoms with Gasteiger partial charge in [0.15, 0.2) is 5.16 Å². The van der Waals surface area contributed by atoms with Crippen LogP contribution in [0, 0.1) is 13.8 Å². The molecule has 0 radical (unpaired) electrons. The number of thioether (sulfide) groups is 1. The summed E-state index contributed by atoms with van der Waals surface area (Å²) in [4.78, 5) is 28.0. The lowest BCUT2D eigenvalue weighted by Crippen LogP contribution is -2.11. The summed E-state index contributed by atoms with van der Waals surface area (Å²) in [5, 5.41) is 1.30. The van der Waals surface area contributed by atoms with Crippen molar-refractivity contribution in [3.63, 3.8) is 0 Å². The Morgan fingerprint density at radius 2 is 1.81 bits per heavy atom. The summed E-state index contributed by atoms with van der Waals surface area (Å²) in [6.45, 7) is 3.88. The van der Waals surface area contributed by atoms with Crippen molar-refractivity contribution in [2.75, 3.05) is 0 Å².